The predicted octanol–water partition coefficient (Wildman–Crippen LogP) is 1.38. The third-order valence-corrected chi connectivity index (χ3v) is 2.44. The van der Waals surface area contributed by atoms with Crippen LogP contribution in [0.25, 0.3) is 0 Å². The lowest BCUT2D eigenvalue weighted by Crippen LogP contribution is -2.34. The van der Waals surface area contributed by atoms with Crippen LogP contribution in [-0.2, 0) is 4.79 Å². The van der Waals surface area contributed by atoms with Crippen LogP contribution in [0.15, 0.2) is 18.2 Å². The smallest absolute Gasteiger partial charge is 0.241 e. The molecule has 1 rings (SSSR count). The van der Waals surface area contributed by atoms with Crippen molar-refractivity contribution < 1.29 is 14.3 Å². The highest BCUT2D eigenvalue weighted by molar-refractivity contribution is 5.96. The number of nitrogens with one attached hydrogen (secondary N) is 1. The first-order chi connectivity index (χ1) is 8.12. The Kier molecular flexibility index (Phi) is 4.78. The normalized spacial score (nSPS) is 11.8. The van der Waals surface area contributed by atoms with Crippen LogP contribution in [0, 0.1) is 0 Å². The number of rotatable bonds is 5. The number of methoxy groups -OCH3 is 2. The third kappa shape index (κ3) is 3.35. The van der Waals surface area contributed by atoms with Crippen LogP contribution in [0.2, 0.25) is 0 Å². The fraction of sp³-hybridized carbons (Fsp3) is 0.417. The van der Waals surface area contributed by atoms with Crippen molar-refractivity contribution in [2.24, 2.45) is 5.73 Å². The maximum absolute atomic E-state index is 11.7. The van der Waals surface area contributed by atoms with Gasteiger partial charge in [-0.25, -0.2) is 0 Å². The molecule has 0 heterocycles. The zero-order valence-electron chi connectivity index (χ0n) is 10.3. The summed E-state index contributed by atoms with van der Waals surface area (Å²) in [4.78, 5) is 11.7. The van der Waals surface area contributed by atoms with Crippen molar-refractivity contribution in [3.8, 4) is 11.5 Å². The van der Waals surface area contributed by atoms with Crippen molar-refractivity contribution in [2.45, 2.75) is 19.4 Å². The van der Waals surface area contributed by atoms with Crippen LogP contribution in [0.1, 0.15) is 13.3 Å². The third-order valence-electron chi connectivity index (χ3n) is 2.44. The average Bonchev–Trinajstić information content (AvgIpc) is 2.37. The SMILES string of the molecule is CC[C@@H](N)C(=O)Nc1cc(OC)ccc1OC. The number of ether oxygens (including phenoxy) is 2. The molecule has 0 aromatic heterocycles. The highest BCUT2D eigenvalue weighted by Crippen LogP contribution is 2.28. The summed E-state index contributed by atoms with van der Waals surface area (Å²) in [6, 6.07) is 4.66. The number of benzene rings is 1. The van der Waals surface area contributed by atoms with E-state index in [0.717, 1.165) is 0 Å². The van der Waals surface area contributed by atoms with E-state index in [2.05, 4.69) is 5.32 Å². The van der Waals surface area contributed by atoms with E-state index in [9.17, 15) is 4.79 Å². The van der Waals surface area contributed by atoms with Crippen LogP contribution in [0.5, 0.6) is 11.5 Å². The zero-order valence-corrected chi connectivity index (χ0v) is 10.3. The molecule has 17 heavy (non-hydrogen) atoms. The first-order valence-electron chi connectivity index (χ1n) is 5.40. The van der Waals surface area contributed by atoms with Crippen molar-refractivity contribution >= 4 is 11.6 Å². The van der Waals surface area contributed by atoms with Crippen LogP contribution in [-0.4, -0.2) is 26.2 Å². The van der Waals surface area contributed by atoms with Gasteiger partial charge >= 0.3 is 0 Å². The topological polar surface area (TPSA) is 73.6 Å². The van der Waals surface area contributed by atoms with Gasteiger partial charge in [-0.3, -0.25) is 4.79 Å². The van der Waals surface area contributed by atoms with Crippen LogP contribution < -0.4 is 20.5 Å². The maximum Gasteiger partial charge on any atom is 0.241 e. The molecule has 5 nitrogen and oxygen atoms in total. The molecule has 1 atom stereocenters. The van der Waals surface area contributed by atoms with Crippen LogP contribution in [0.3, 0.4) is 0 Å². The second-order valence-corrected chi connectivity index (χ2v) is 3.57. The summed E-state index contributed by atoms with van der Waals surface area (Å²) in [5.41, 5.74) is 6.20. The highest BCUT2D eigenvalue weighted by Gasteiger charge is 2.14. The number of hydrogen-bond acceptors (Lipinski definition) is 4. The Morgan fingerprint density at radius 1 is 1.41 bits per heavy atom. The zero-order chi connectivity index (χ0) is 12.8. The molecular weight excluding hydrogens is 220 g/mol. The molecule has 0 saturated carbocycles. The Balaban J connectivity index is 2.91. The summed E-state index contributed by atoms with van der Waals surface area (Å²) in [5, 5.41) is 2.72. The Morgan fingerprint density at radius 2 is 2.12 bits per heavy atom. The van der Waals surface area contributed by atoms with Gasteiger partial charge in [0.25, 0.3) is 0 Å². The predicted molar refractivity (Wildman–Crippen MR) is 66.4 cm³/mol. The number of hydrogen-bond donors (Lipinski definition) is 2. The van der Waals surface area contributed by atoms with Crippen molar-refractivity contribution in [1.82, 2.24) is 0 Å². The summed E-state index contributed by atoms with van der Waals surface area (Å²) in [7, 11) is 3.10. The van der Waals surface area contributed by atoms with E-state index in [-0.39, 0.29) is 5.91 Å². The summed E-state index contributed by atoms with van der Waals surface area (Å²) in [5.74, 6) is 0.979. The molecule has 0 saturated heterocycles. The summed E-state index contributed by atoms with van der Waals surface area (Å²) in [6.07, 6.45) is 0.581. The summed E-state index contributed by atoms with van der Waals surface area (Å²) < 4.78 is 10.2. The molecule has 0 aliphatic carbocycles. The quantitative estimate of drug-likeness (QED) is 0.812. The van der Waals surface area contributed by atoms with E-state index in [1.54, 1.807) is 25.3 Å². The molecule has 0 spiro atoms. The molecule has 0 radical (unpaired) electrons. The van der Waals surface area contributed by atoms with E-state index in [1.807, 2.05) is 6.92 Å². The average molecular weight is 238 g/mol. The Bertz CT molecular complexity index is 393. The lowest BCUT2D eigenvalue weighted by Gasteiger charge is -2.14. The van der Waals surface area contributed by atoms with Crippen molar-refractivity contribution in [3.05, 3.63) is 18.2 Å². The second kappa shape index (κ2) is 6.10. The van der Waals surface area contributed by atoms with Gasteiger partial charge in [0.1, 0.15) is 11.5 Å². The molecular formula is C12H18N2O3. The van der Waals surface area contributed by atoms with Crippen molar-refractivity contribution in [1.29, 1.82) is 0 Å². The molecule has 1 amide bonds. The largest absolute Gasteiger partial charge is 0.497 e. The Hall–Kier alpha value is -1.75. The van der Waals surface area contributed by atoms with Gasteiger partial charge in [-0.05, 0) is 18.6 Å². The van der Waals surface area contributed by atoms with Gasteiger partial charge in [0.05, 0.1) is 25.9 Å². The Labute approximate surface area is 101 Å². The van der Waals surface area contributed by atoms with Gasteiger partial charge in [0.2, 0.25) is 5.91 Å². The second-order valence-electron chi connectivity index (χ2n) is 3.57. The first-order valence-corrected chi connectivity index (χ1v) is 5.40. The lowest BCUT2D eigenvalue weighted by molar-refractivity contribution is -0.117. The molecule has 1 aromatic rings. The van der Waals surface area contributed by atoms with Crippen LogP contribution >= 0.6 is 0 Å². The van der Waals surface area contributed by atoms with E-state index in [1.165, 1.54) is 7.11 Å². The fourth-order valence-electron chi connectivity index (χ4n) is 1.32. The number of anilines is 1. The lowest BCUT2D eigenvalue weighted by atomic mass is 10.2. The minimum Gasteiger partial charge on any atom is -0.497 e. The van der Waals surface area contributed by atoms with Crippen molar-refractivity contribution in [2.75, 3.05) is 19.5 Å². The molecule has 94 valence electrons. The number of carbonyl (C=O) groups is 1. The molecule has 0 aliphatic heterocycles. The minimum absolute atomic E-state index is 0.237. The van der Waals surface area contributed by atoms with Gasteiger partial charge in [0, 0.05) is 6.07 Å². The van der Waals surface area contributed by atoms with Gasteiger partial charge in [-0.1, -0.05) is 6.92 Å². The molecule has 1 aromatic carbocycles. The number of nitrogens with two attached hydrogens (primary N) is 1. The molecule has 0 bridgehead atoms. The molecule has 0 aliphatic rings. The van der Waals surface area contributed by atoms with E-state index in [0.29, 0.717) is 23.6 Å². The van der Waals surface area contributed by atoms with Gasteiger partial charge in [0.15, 0.2) is 0 Å². The van der Waals surface area contributed by atoms with E-state index >= 15 is 0 Å². The minimum atomic E-state index is -0.522. The number of carbonyl (C=O) groups excluding carboxylic acids is 1. The summed E-state index contributed by atoms with van der Waals surface area (Å²) >= 11 is 0. The number of amides is 1. The van der Waals surface area contributed by atoms with Gasteiger partial charge < -0.3 is 20.5 Å². The Morgan fingerprint density at radius 3 is 2.65 bits per heavy atom. The molecule has 5 heteroatoms. The highest BCUT2D eigenvalue weighted by atomic mass is 16.5. The molecule has 0 fully saturated rings. The maximum atomic E-state index is 11.7. The molecule has 3 N–H and O–H groups in total. The molecule has 0 unspecified atom stereocenters. The van der Waals surface area contributed by atoms with Crippen molar-refractivity contribution in [3.63, 3.8) is 0 Å². The van der Waals surface area contributed by atoms with E-state index < -0.39 is 6.04 Å². The fourth-order valence-corrected chi connectivity index (χ4v) is 1.32. The van der Waals surface area contributed by atoms with Crippen LogP contribution in [0.4, 0.5) is 5.69 Å². The standard InChI is InChI=1S/C12H18N2O3/c1-4-9(13)12(15)14-10-7-8(16-2)5-6-11(10)17-3/h5-7,9H,4,13H2,1-3H3,(H,14,15)/t9-/m1/s1. The first kappa shape index (κ1) is 13.3. The van der Waals surface area contributed by atoms with Gasteiger partial charge in [-0.2, -0.15) is 0 Å². The monoisotopic (exact) mass is 238 g/mol. The van der Waals surface area contributed by atoms with Gasteiger partial charge in [-0.15, -0.1) is 0 Å². The summed E-state index contributed by atoms with van der Waals surface area (Å²) in [6.45, 7) is 1.85. The van der Waals surface area contributed by atoms with E-state index in [4.69, 9.17) is 15.2 Å².